The highest BCUT2D eigenvalue weighted by Crippen LogP contribution is 2.27. The van der Waals surface area contributed by atoms with Crippen molar-refractivity contribution in [2.75, 3.05) is 32.8 Å². The van der Waals surface area contributed by atoms with Crippen LogP contribution < -0.4 is 10.5 Å². The Bertz CT molecular complexity index is 399. The molecule has 1 aliphatic heterocycles. The zero-order valence-corrected chi connectivity index (χ0v) is 11.7. The summed E-state index contributed by atoms with van der Waals surface area (Å²) in [5.74, 6) is -1.66. The van der Waals surface area contributed by atoms with E-state index in [1.807, 2.05) is 29.2 Å². The maximum atomic E-state index is 13.0. The minimum atomic E-state index is -2.48. The molecule has 0 atom stereocenters. The minimum absolute atomic E-state index is 0.0409. The summed E-state index contributed by atoms with van der Waals surface area (Å²) in [7, 11) is 0. The highest BCUT2D eigenvalue weighted by atomic mass is 19.3. The van der Waals surface area contributed by atoms with Crippen molar-refractivity contribution in [3.63, 3.8) is 0 Å². The summed E-state index contributed by atoms with van der Waals surface area (Å²) >= 11 is 0. The van der Waals surface area contributed by atoms with Crippen molar-refractivity contribution in [3.8, 4) is 5.75 Å². The van der Waals surface area contributed by atoms with E-state index in [0.717, 1.165) is 12.2 Å². The smallest absolute Gasteiger partial charge is 0.250 e. The van der Waals surface area contributed by atoms with Gasteiger partial charge >= 0.3 is 0 Å². The van der Waals surface area contributed by atoms with E-state index in [4.69, 9.17) is 10.5 Å². The SMILES string of the molecule is NCCc1ccc(OCCN2CCC(F)(F)CC2)cc1. The van der Waals surface area contributed by atoms with Crippen LogP contribution in [0.2, 0.25) is 0 Å². The van der Waals surface area contributed by atoms with Crippen LogP contribution in [0.1, 0.15) is 18.4 Å². The number of piperidine rings is 1. The molecule has 2 rings (SSSR count). The molecule has 3 nitrogen and oxygen atoms in total. The number of hydrogen-bond acceptors (Lipinski definition) is 3. The molecule has 0 aliphatic carbocycles. The molecule has 1 saturated heterocycles. The predicted octanol–water partition coefficient (Wildman–Crippen LogP) is 2.30. The first-order valence-electron chi connectivity index (χ1n) is 7.11. The van der Waals surface area contributed by atoms with Crippen molar-refractivity contribution >= 4 is 0 Å². The molecule has 0 saturated carbocycles. The first kappa shape index (κ1) is 15.2. The molecule has 1 aromatic rings. The molecule has 0 aromatic heterocycles. The lowest BCUT2D eigenvalue weighted by atomic mass is 10.1. The van der Waals surface area contributed by atoms with E-state index in [-0.39, 0.29) is 12.8 Å². The molecule has 20 heavy (non-hydrogen) atoms. The van der Waals surface area contributed by atoms with E-state index in [2.05, 4.69) is 0 Å². The van der Waals surface area contributed by atoms with Crippen LogP contribution in [-0.4, -0.2) is 43.6 Å². The van der Waals surface area contributed by atoms with Gasteiger partial charge in [0.1, 0.15) is 12.4 Å². The second-order valence-corrected chi connectivity index (χ2v) is 5.23. The van der Waals surface area contributed by atoms with Gasteiger partial charge in [0.2, 0.25) is 0 Å². The van der Waals surface area contributed by atoms with Gasteiger partial charge in [0.15, 0.2) is 0 Å². The molecule has 2 N–H and O–H groups in total. The van der Waals surface area contributed by atoms with E-state index >= 15 is 0 Å². The van der Waals surface area contributed by atoms with Gasteiger partial charge in [-0.25, -0.2) is 8.78 Å². The lowest BCUT2D eigenvalue weighted by Crippen LogP contribution is -2.41. The van der Waals surface area contributed by atoms with Crippen molar-refractivity contribution < 1.29 is 13.5 Å². The lowest BCUT2D eigenvalue weighted by molar-refractivity contribution is -0.0564. The van der Waals surface area contributed by atoms with Gasteiger partial charge in [0.05, 0.1) is 0 Å². The second kappa shape index (κ2) is 6.99. The maximum Gasteiger partial charge on any atom is 0.250 e. The summed E-state index contributed by atoms with van der Waals surface area (Å²) in [4.78, 5) is 2.03. The van der Waals surface area contributed by atoms with Gasteiger partial charge in [-0.3, -0.25) is 4.90 Å². The van der Waals surface area contributed by atoms with Crippen LogP contribution in [0.4, 0.5) is 8.78 Å². The van der Waals surface area contributed by atoms with Gasteiger partial charge in [-0.15, -0.1) is 0 Å². The standard InChI is InChI=1S/C15H22F2N2O/c16-15(17)6-9-19(10-7-15)11-12-20-14-3-1-13(2-4-14)5-8-18/h1-4H,5-12,18H2. The van der Waals surface area contributed by atoms with Crippen LogP contribution in [0.3, 0.4) is 0 Å². The molecule has 1 heterocycles. The zero-order valence-electron chi connectivity index (χ0n) is 11.7. The largest absolute Gasteiger partial charge is 0.492 e. The second-order valence-electron chi connectivity index (χ2n) is 5.23. The summed E-state index contributed by atoms with van der Waals surface area (Å²) in [6.45, 7) is 2.76. The zero-order chi connectivity index (χ0) is 14.4. The molecule has 5 heteroatoms. The fourth-order valence-electron chi connectivity index (χ4n) is 2.32. The molecule has 0 spiro atoms. The van der Waals surface area contributed by atoms with Crippen LogP contribution in [0.25, 0.3) is 0 Å². The molecule has 1 aliphatic rings. The number of rotatable bonds is 6. The van der Waals surface area contributed by atoms with Gasteiger partial charge in [-0.2, -0.15) is 0 Å². The average molecular weight is 284 g/mol. The highest BCUT2D eigenvalue weighted by Gasteiger charge is 2.33. The highest BCUT2D eigenvalue weighted by molar-refractivity contribution is 5.27. The van der Waals surface area contributed by atoms with Crippen LogP contribution >= 0.6 is 0 Å². The van der Waals surface area contributed by atoms with Gasteiger partial charge in [-0.1, -0.05) is 12.1 Å². The first-order chi connectivity index (χ1) is 9.59. The summed E-state index contributed by atoms with van der Waals surface area (Å²) in [6, 6.07) is 7.86. The molecule has 0 radical (unpaired) electrons. The number of hydrogen-bond donors (Lipinski definition) is 1. The number of nitrogens with two attached hydrogens (primary N) is 1. The summed E-state index contributed by atoms with van der Waals surface area (Å²) in [6.07, 6.45) is 0.782. The molecule has 112 valence electrons. The van der Waals surface area contributed by atoms with Crippen molar-refractivity contribution in [1.29, 1.82) is 0 Å². The first-order valence-corrected chi connectivity index (χ1v) is 7.11. The summed E-state index contributed by atoms with van der Waals surface area (Å²) in [5.41, 5.74) is 6.68. The normalized spacial score (nSPS) is 18.9. The molecule has 0 bridgehead atoms. The fraction of sp³-hybridized carbons (Fsp3) is 0.600. The van der Waals surface area contributed by atoms with Crippen LogP contribution in [0.15, 0.2) is 24.3 Å². The van der Waals surface area contributed by atoms with Crippen molar-refractivity contribution in [3.05, 3.63) is 29.8 Å². The third kappa shape index (κ3) is 4.72. The number of benzene rings is 1. The fourth-order valence-corrected chi connectivity index (χ4v) is 2.32. The Balaban J connectivity index is 1.68. The van der Waals surface area contributed by atoms with Crippen molar-refractivity contribution in [2.45, 2.75) is 25.2 Å². The van der Waals surface area contributed by atoms with Crippen molar-refractivity contribution in [1.82, 2.24) is 4.90 Å². The molecular weight excluding hydrogens is 262 g/mol. The maximum absolute atomic E-state index is 13.0. The number of nitrogens with zero attached hydrogens (tertiary/aromatic N) is 1. The molecule has 0 unspecified atom stereocenters. The van der Waals surface area contributed by atoms with E-state index in [1.54, 1.807) is 0 Å². The van der Waals surface area contributed by atoms with Crippen LogP contribution in [0.5, 0.6) is 5.75 Å². The predicted molar refractivity (Wildman–Crippen MR) is 75.3 cm³/mol. The average Bonchev–Trinajstić information content (AvgIpc) is 2.43. The third-order valence-electron chi connectivity index (χ3n) is 3.62. The Kier molecular flexibility index (Phi) is 5.31. The van der Waals surface area contributed by atoms with E-state index in [1.165, 1.54) is 5.56 Å². The number of alkyl halides is 2. The Hall–Kier alpha value is -1.20. The number of halogens is 2. The topological polar surface area (TPSA) is 38.5 Å². The van der Waals surface area contributed by atoms with E-state index in [0.29, 0.717) is 32.8 Å². The molecule has 0 amide bonds. The summed E-state index contributed by atoms with van der Waals surface area (Å²) in [5, 5.41) is 0. The van der Waals surface area contributed by atoms with Gasteiger partial charge in [0, 0.05) is 32.5 Å². The molecule has 1 fully saturated rings. The Morgan fingerprint density at radius 1 is 1.15 bits per heavy atom. The van der Waals surface area contributed by atoms with Gasteiger partial charge < -0.3 is 10.5 Å². The van der Waals surface area contributed by atoms with Crippen LogP contribution in [0, 0.1) is 0 Å². The van der Waals surface area contributed by atoms with Crippen molar-refractivity contribution in [2.24, 2.45) is 5.73 Å². The van der Waals surface area contributed by atoms with Gasteiger partial charge in [-0.05, 0) is 30.7 Å². The third-order valence-corrected chi connectivity index (χ3v) is 3.62. The monoisotopic (exact) mass is 284 g/mol. The lowest BCUT2D eigenvalue weighted by Gasteiger charge is -2.31. The quantitative estimate of drug-likeness (QED) is 0.871. The van der Waals surface area contributed by atoms with E-state index < -0.39 is 5.92 Å². The Morgan fingerprint density at radius 2 is 1.80 bits per heavy atom. The number of ether oxygens (including phenoxy) is 1. The number of likely N-dealkylation sites (tertiary alicyclic amines) is 1. The van der Waals surface area contributed by atoms with Gasteiger partial charge in [0.25, 0.3) is 5.92 Å². The van der Waals surface area contributed by atoms with Crippen LogP contribution in [-0.2, 0) is 6.42 Å². The minimum Gasteiger partial charge on any atom is -0.492 e. The Morgan fingerprint density at radius 3 is 2.40 bits per heavy atom. The molecule has 1 aromatic carbocycles. The summed E-state index contributed by atoms with van der Waals surface area (Å²) < 4.78 is 31.6. The Labute approximate surface area is 118 Å². The van der Waals surface area contributed by atoms with E-state index in [9.17, 15) is 8.78 Å². The molecular formula is C15H22F2N2O.